The second kappa shape index (κ2) is 5.40. The molecule has 0 aliphatic carbocycles. The monoisotopic (exact) mass is 307 g/mol. The molecule has 2 heterocycles. The molecule has 2 N–H and O–H groups in total. The van der Waals surface area contributed by atoms with Crippen molar-refractivity contribution in [2.45, 2.75) is 32.4 Å². The molecule has 3 rings (SSSR count). The number of nitrogens with one attached hydrogen (secondary N) is 2. The molecule has 1 aromatic heterocycles. The summed E-state index contributed by atoms with van der Waals surface area (Å²) in [5.41, 5.74) is 0.299. The average Bonchev–Trinajstić information content (AvgIpc) is 2.50. The van der Waals surface area contributed by atoms with Gasteiger partial charge in [-0.15, -0.1) is 0 Å². The van der Waals surface area contributed by atoms with Crippen LogP contribution in [0.15, 0.2) is 27.8 Å². The second-order valence-corrected chi connectivity index (χ2v) is 5.24. The van der Waals surface area contributed by atoms with Crippen molar-refractivity contribution in [1.29, 1.82) is 0 Å². The summed E-state index contributed by atoms with van der Waals surface area (Å²) >= 11 is 0. The number of aromatic nitrogens is 2. The van der Waals surface area contributed by atoms with Crippen molar-refractivity contribution >= 4 is 5.82 Å². The van der Waals surface area contributed by atoms with E-state index in [2.05, 4.69) is 10.3 Å². The van der Waals surface area contributed by atoms with Crippen LogP contribution in [0.4, 0.5) is 14.6 Å². The van der Waals surface area contributed by atoms with Gasteiger partial charge in [-0.3, -0.25) is 14.3 Å². The smallest absolute Gasteiger partial charge is 0.329 e. The first-order chi connectivity index (χ1) is 10.5. The number of aromatic amines is 1. The summed E-state index contributed by atoms with van der Waals surface area (Å²) in [6, 6.07) is 3.41. The summed E-state index contributed by atoms with van der Waals surface area (Å²) in [6.45, 7) is 2.03. The minimum atomic E-state index is -0.917. The highest BCUT2D eigenvalue weighted by atomic mass is 19.2. The predicted octanol–water partition coefficient (Wildman–Crippen LogP) is 1.93. The molecule has 0 saturated heterocycles. The Morgan fingerprint density at radius 2 is 2.05 bits per heavy atom. The Morgan fingerprint density at radius 1 is 1.27 bits per heavy atom. The molecule has 0 radical (unpaired) electrons. The van der Waals surface area contributed by atoms with Gasteiger partial charge in [0.1, 0.15) is 5.82 Å². The van der Waals surface area contributed by atoms with E-state index in [0.717, 1.165) is 16.7 Å². The number of hydrogen-bond donors (Lipinski definition) is 2. The first-order valence-corrected chi connectivity index (χ1v) is 7.08. The number of fused-ring (bicyclic) bond motifs is 1. The molecular weight excluding hydrogens is 292 g/mol. The van der Waals surface area contributed by atoms with Crippen molar-refractivity contribution in [2.75, 3.05) is 5.32 Å². The van der Waals surface area contributed by atoms with Crippen LogP contribution in [-0.2, 0) is 13.0 Å². The third kappa shape index (κ3) is 2.32. The van der Waals surface area contributed by atoms with Crippen LogP contribution in [0.3, 0.4) is 0 Å². The Bertz CT molecular complexity index is 842. The highest BCUT2D eigenvalue weighted by Gasteiger charge is 2.24. The van der Waals surface area contributed by atoms with E-state index in [1.54, 1.807) is 6.92 Å². The largest absolute Gasteiger partial charge is 0.364 e. The Labute approximate surface area is 124 Å². The zero-order valence-electron chi connectivity index (χ0n) is 12.0. The van der Waals surface area contributed by atoms with Gasteiger partial charge in [-0.1, -0.05) is 6.07 Å². The van der Waals surface area contributed by atoms with Gasteiger partial charge in [0.05, 0.1) is 11.6 Å². The number of nitrogens with zero attached hydrogens (tertiary/aromatic N) is 1. The van der Waals surface area contributed by atoms with Gasteiger partial charge in [0.15, 0.2) is 11.6 Å². The van der Waals surface area contributed by atoms with Crippen LogP contribution in [0.2, 0.25) is 0 Å². The zero-order valence-corrected chi connectivity index (χ0v) is 12.0. The van der Waals surface area contributed by atoms with Gasteiger partial charge in [0, 0.05) is 6.54 Å². The third-order valence-corrected chi connectivity index (χ3v) is 3.95. The lowest BCUT2D eigenvalue weighted by molar-refractivity contribution is 0.504. The van der Waals surface area contributed by atoms with Crippen LogP contribution >= 0.6 is 0 Å². The molecule has 1 aliphatic heterocycles. The van der Waals surface area contributed by atoms with E-state index in [9.17, 15) is 18.4 Å². The number of H-pyrrole nitrogens is 1. The van der Waals surface area contributed by atoms with E-state index in [0.29, 0.717) is 36.3 Å². The maximum Gasteiger partial charge on any atom is 0.329 e. The van der Waals surface area contributed by atoms with E-state index in [1.807, 2.05) is 0 Å². The molecule has 1 aromatic carbocycles. The van der Waals surface area contributed by atoms with Gasteiger partial charge >= 0.3 is 5.69 Å². The molecule has 0 saturated carbocycles. The fourth-order valence-corrected chi connectivity index (χ4v) is 2.77. The molecule has 0 bridgehead atoms. The van der Waals surface area contributed by atoms with Gasteiger partial charge in [-0.05, 0) is 37.5 Å². The first kappa shape index (κ1) is 14.5. The van der Waals surface area contributed by atoms with Gasteiger partial charge in [-0.2, -0.15) is 0 Å². The number of halogens is 2. The van der Waals surface area contributed by atoms with Crippen LogP contribution in [0, 0.1) is 11.6 Å². The van der Waals surface area contributed by atoms with Gasteiger partial charge in [0.2, 0.25) is 0 Å². The molecule has 1 unspecified atom stereocenters. The standard InChI is InChI=1S/C15H15F2N3O2/c1-2-20-14(21)9-4-6-12(18-13(9)19-15(20)22)8-3-5-10(16)11(17)7-8/h3,5,7,12,18H,2,4,6H2,1H3,(H,19,22). The molecule has 22 heavy (non-hydrogen) atoms. The van der Waals surface area contributed by atoms with E-state index in [-0.39, 0.29) is 11.6 Å². The van der Waals surface area contributed by atoms with Crippen LogP contribution < -0.4 is 16.6 Å². The SMILES string of the molecule is CCn1c(=O)[nH]c2c(c1=O)CCC(c1ccc(F)c(F)c1)N2. The quantitative estimate of drug-likeness (QED) is 0.891. The van der Waals surface area contributed by atoms with E-state index in [1.165, 1.54) is 6.07 Å². The lowest BCUT2D eigenvalue weighted by Crippen LogP contribution is -2.39. The first-order valence-electron chi connectivity index (χ1n) is 7.08. The molecule has 0 amide bonds. The van der Waals surface area contributed by atoms with E-state index in [4.69, 9.17) is 0 Å². The molecule has 0 fully saturated rings. The summed E-state index contributed by atoms with van der Waals surface area (Å²) in [5, 5.41) is 3.03. The number of rotatable bonds is 2. The van der Waals surface area contributed by atoms with Crippen molar-refractivity contribution in [3.8, 4) is 0 Å². The Balaban J connectivity index is 1.99. The number of anilines is 1. The maximum absolute atomic E-state index is 13.3. The fraction of sp³-hybridized carbons (Fsp3) is 0.333. The molecule has 1 aliphatic rings. The summed E-state index contributed by atoms with van der Waals surface area (Å²) in [5.74, 6) is -1.46. The average molecular weight is 307 g/mol. The minimum Gasteiger partial charge on any atom is -0.364 e. The normalized spacial score (nSPS) is 17.0. The Hall–Kier alpha value is -2.44. The minimum absolute atomic E-state index is 0.282. The van der Waals surface area contributed by atoms with Crippen LogP contribution in [0.1, 0.15) is 30.5 Å². The summed E-state index contributed by atoms with van der Waals surface area (Å²) in [4.78, 5) is 26.7. The van der Waals surface area contributed by atoms with Crippen molar-refractivity contribution in [3.05, 3.63) is 61.8 Å². The number of benzene rings is 1. The van der Waals surface area contributed by atoms with E-state index < -0.39 is 17.3 Å². The van der Waals surface area contributed by atoms with Crippen molar-refractivity contribution in [3.63, 3.8) is 0 Å². The third-order valence-electron chi connectivity index (χ3n) is 3.95. The zero-order chi connectivity index (χ0) is 15.9. The summed E-state index contributed by atoms with van der Waals surface area (Å²) in [7, 11) is 0. The fourth-order valence-electron chi connectivity index (χ4n) is 2.77. The Kier molecular flexibility index (Phi) is 3.56. The maximum atomic E-state index is 13.3. The van der Waals surface area contributed by atoms with Crippen LogP contribution in [-0.4, -0.2) is 9.55 Å². The van der Waals surface area contributed by atoms with E-state index >= 15 is 0 Å². The van der Waals surface area contributed by atoms with Crippen LogP contribution in [0.5, 0.6) is 0 Å². The molecule has 7 heteroatoms. The Morgan fingerprint density at radius 3 is 2.73 bits per heavy atom. The molecular formula is C15H15F2N3O2. The highest BCUT2D eigenvalue weighted by Crippen LogP contribution is 2.29. The second-order valence-electron chi connectivity index (χ2n) is 5.24. The molecule has 5 nitrogen and oxygen atoms in total. The van der Waals surface area contributed by atoms with Gasteiger partial charge in [0.25, 0.3) is 5.56 Å². The van der Waals surface area contributed by atoms with Crippen molar-refractivity contribution in [1.82, 2.24) is 9.55 Å². The van der Waals surface area contributed by atoms with Crippen LogP contribution in [0.25, 0.3) is 0 Å². The highest BCUT2D eigenvalue weighted by molar-refractivity contribution is 5.47. The molecule has 2 aromatic rings. The predicted molar refractivity (Wildman–Crippen MR) is 78.0 cm³/mol. The molecule has 116 valence electrons. The van der Waals surface area contributed by atoms with Crippen molar-refractivity contribution < 1.29 is 8.78 Å². The number of hydrogen-bond acceptors (Lipinski definition) is 3. The van der Waals surface area contributed by atoms with Crippen molar-refractivity contribution in [2.24, 2.45) is 0 Å². The lowest BCUT2D eigenvalue weighted by Gasteiger charge is -2.26. The van der Waals surface area contributed by atoms with Gasteiger partial charge < -0.3 is 5.32 Å². The van der Waals surface area contributed by atoms with Gasteiger partial charge in [-0.25, -0.2) is 13.6 Å². The molecule has 1 atom stereocenters. The molecule has 0 spiro atoms. The summed E-state index contributed by atoms with van der Waals surface area (Å²) < 4.78 is 27.5. The summed E-state index contributed by atoms with van der Waals surface area (Å²) in [6.07, 6.45) is 1.02. The lowest BCUT2D eigenvalue weighted by atomic mass is 9.95. The topological polar surface area (TPSA) is 66.9 Å².